The van der Waals surface area contributed by atoms with Gasteiger partial charge in [-0.3, -0.25) is 0 Å². The molecule has 3 rings (SSSR count). The number of ether oxygens (including phenoxy) is 4. The summed E-state index contributed by atoms with van der Waals surface area (Å²) in [4.78, 5) is 1.94. The predicted octanol–water partition coefficient (Wildman–Crippen LogP) is 3.43. The first-order valence-corrected chi connectivity index (χ1v) is 10.0. The molecule has 4 nitrogen and oxygen atoms in total. The van der Waals surface area contributed by atoms with Crippen LogP contribution in [-0.2, 0) is 18.9 Å². The van der Waals surface area contributed by atoms with Gasteiger partial charge in [0.15, 0.2) is 0 Å². The Labute approximate surface area is 155 Å². The third kappa shape index (κ3) is 5.51. The summed E-state index contributed by atoms with van der Waals surface area (Å²) in [6.45, 7) is 2.73. The predicted molar refractivity (Wildman–Crippen MR) is 101 cm³/mol. The van der Waals surface area contributed by atoms with Gasteiger partial charge in [-0.1, -0.05) is 24.4 Å². The highest BCUT2D eigenvalue weighted by Crippen LogP contribution is 2.24. The van der Waals surface area contributed by atoms with Crippen LogP contribution in [0, 0.1) is 0 Å². The van der Waals surface area contributed by atoms with Gasteiger partial charge in [-0.05, 0) is 51.4 Å². The Hall–Kier alpha value is 0.0200. The SMILES string of the molecule is S=C1CC[C@@H]2OCCC[C@H]2OCC(=S)CC[C@H]2OCCC[C@@H]2OC1. The quantitative estimate of drug-likeness (QED) is 0.607. The first-order chi connectivity index (χ1) is 11.7. The van der Waals surface area contributed by atoms with Crippen molar-refractivity contribution in [1.82, 2.24) is 0 Å². The molecule has 0 radical (unpaired) electrons. The van der Waals surface area contributed by atoms with Crippen LogP contribution < -0.4 is 0 Å². The fourth-order valence-corrected chi connectivity index (χ4v) is 4.07. The first kappa shape index (κ1) is 18.8. The molecule has 6 heteroatoms. The van der Waals surface area contributed by atoms with E-state index in [0.717, 1.165) is 74.3 Å². The maximum Gasteiger partial charge on any atom is 0.0842 e. The van der Waals surface area contributed by atoms with Crippen molar-refractivity contribution in [3.8, 4) is 0 Å². The van der Waals surface area contributed by atoms with Gasteiger partial charge < -0.3 is 18.9 Å². The van der Waals surface area contributed by atoms with Crippen molar-refractivity contribution in [3.63, 3.8) is 0 Å². The molecule has 0 N–H and O–H groups in total. The van der Waals surface area contributed by atoms with Crippen molar-refractivity contribution in [2.24, 2.45) is 0 Å². The number of rotatable bonds is 0. The van der Waals surface area contributed by atoms with Crippen molar-refractivity contribution in [1.29, 1.82) is 0 Å². The zero-order valence-electron chi connectivity index (χ0n) is 14.2. The number of thiocarbonyl (C=S) groups is 2. The molecule has 0 aliphatic carbocycles. The fourth-order valence-electron chi connectivity index (χ4n) is 3.70. The van der Waals surface area contributed by atoms with Gasteiger partial charge in [0.1, 0.15) is 0 Å². The van der Waals surface area contributed by atoms with Gasteiger partial charge in [-0.15, -0.1) is 0 Å². The minimum absolute atomic E-state index is 0.133. The molecule has 4 atom stereocenters. The molecule has 0 aromatic heterocycles. The molecule has 3 fully saturated rings. The number of hydrogen-bond acceptors (Lipinski definition) is 6. The normalized spacial score (nSPS) is 37.2. The highest BCUT2D eigenvalue weighted by molar-refractivity contribution is 7.80. The van der Waals surface area contributed by atoms with E-state index in [0.29, 0.717) is 13.2 Å². The van der Waals surface area contributed by atoms with Gasteiger partial charge in [0.25, 0.3) is 0 Å². The topological polar surface area (TPSA) is 36.9 Å². The fraction of sp³-hybridized carbons (Fsp3) is 0.889. The molecule has 136 valence electrons. The smallest absolute Gasteiger partial charge is 0.0842 e. The molecule has 3 heterocycles. The van der Waals surface area contributed by atoms with Crippen LogP contribution in [0.4, 0.5) is 0 Å². The van der Waals surface area contributed by atoms with Crippen molar-refractivity contribution in [2.45, 2.75) is 75.8 Å². The summed E-state index contributed by atoms with van der Waals surface area (Å²) in [6.07, 6.45) is 8.26. The second kappa shape index (κ2) is 9.64. The summed E-state index contributed by atoms with van der Waals surface area (Å²) in [6, 6.07) is 0. The zero-order valence-corrected chi connectivity index (χ0v) is 15.9. The maximum absolute atomic E-state index is 6.09. The van der Waals surface area contributed by atoms with E-state index in [4.69, 9.17) is 43.4 Å². The number of fused-ring (bicyclic) bond motifs is 2. The molecular formula is C18H28O4S2. The summed E-state index contributed by atoms with van der Waals surface area (Å²) in [5.74, 6) is 0. The summed E-state index contributed by atoms with van der Waals surface area (Å²) in [5.41, 5.74) is 0. The van der Waals surface area contributed by atoms with Crippen LogP contribution in [0.2, 0.25) is 0 Å². The lowest BCUT2D eigenvalue weighted by Gasteiger charge is -2.34. The van der Waals surface area contributed by atoms with E-state index >= 15 is 0 Å². The van der Waals surface area contributed by atoms with E-state index in [-0.39, 0.29) is 24.4 Å². The molecule has 0 bridgehead atoms. The second-order valence-corrected chi connectivity index (χ2v) is 8.11. The van der Waals surface area contributed by atoms with Crippen LogP contribution in [0.25, 0.3) is 0 Å². The monoisotopic (exact) mass is 372 g/mol. The lowest BCUT2D eigenvalue weighted by atomic mass is 9.98. The molecular weight excluding hydrogens is 344 g/mol. The Bertz CT molecular complexity index is 367. The van der Waals surface area contributed by atoms with Crippen LogP contribution in [0.15, 0.2) is 0 Å². The van der Waals surface area contributed by atoms with Crippen LogP contribution >= 0.6 is 24.4 Å². The standard InChI is InChI=1S/C18H28O4S2/c23-13-6-8-18-16(4-2-10-20-18)22-12-14(24)5-7-17-15(21-11-13)3-1-9-19-17/h15-18H,1-12H2/t15-,16+,17+,18-. The Balaban J connectivity index is 1.62. The molecule has 3 aliphatic heterocycles. The van der Waals surface area contributed by atoms with Gasteiger partial charge >= 0.3 is 0 Å². The van der Waals surface area contributed by atoms with Gasteiger partial charge in [-0.2, -0.15) is 0 Å². The molecule has 0 amide bonds. The minimum atomic E-state index is 0.133. The number of hydrogen-bond donors (Lipinski definition) is 0. The molecule has 0 saturated carbocycles. The third-order valence-corrected chi connectivity index (χ3v) is 5.74. The Morgan fingerprint density at radius 1 is 0.583 bits per heavy atom. The van der Waals surface area contributed by atoms with Crippen LogP contribution in [-0.4, -0.2) is 60.6 Å². The van der Waals surface area contributed by atoms with Crippen molar-refractivity contribution >= 4 is 34.2 Å². The van der Waals surface area contributed by atoms with E-state index in [2.05, 4.69) is 0 Å². The zero-order chi connectivity index (χ0) is 16.8. The molecule has 0 spiro atoms. The lowest BCUT2D eigenvalue weighted by molar-refractivity contribution is -0.104. The second-order valence-electron chi connectivity index (χ2n) is 6.96. The van der Waals surface area contributed by atoms with Gasteiger partial charge in [0.2, 0.25) is 0 Å². The lowest BCUT2D eigenvalue weighted by Crippen LogP contribution is -2.40. The molecule has 0 unspecified atom stereocenters. The van der Waals surface area contributed by atoms with E-state index < -0.39 is 0 Å². The molecule has 0 aromatic rings. The summed E-state index contributed by atoms with van der Waals surface area (Å²) in [5, 5.41) is 0. The van der Waals surface area contributed by atoms with Gasteiger partial charge in [0, 0.05) is 22.9 Å². The molecule has 0 aromatic carbocycles. The highest BCUT2D eigenvalue weighted by atomic mass is 32.1. The maximum atomic E-state index is 6.09. The first-order valence-electron chi connectivity index (χ1n) is 9.22. The van der Waals surface area contributed by atoms with Crippen molar-refractivity contribution < 1.29 is 18.9 Å². The van der Waals surface area contributed by atoms with E-state index in [1.807, 2.05) is 0 Å². The van der Waals surface area contributed by atoms with Gasteiger partial charge in [0.05, 0.1) is 37.6 Å². The summed E-state index contributed by atoms with van der Waals surface area (Å²) < 4.78 is 24.0. The molecule has 3 saturated heterocycles. The Morgan fingerprint density at radius 2 is 1.00 bits per heavy atom. The Kier molecular flexibility index (Phi) is 7.55. The average molecular weight is 373 g/mol. The van der Waals surface area contributed by atoms with Crippen molar-refractivity contribution in [2.75, 3.05) is 26.4 Å². The van der Waals surface area contributed by atoms with E-state index in [1.165, 1.54) is 0 Å². The Morgan fingerprint density at radius 3 is 1.46 bits per heavy atom. The minimum Gasteiger partial charge on any atom is -0.376 e. The average Bonchev–Trinajstić information content (AvgIpc) is 2.62. The summed E-state index contributed by atoms with van der Waals surface area (Å²) >= 11 is 11.0. The van der Waals surface area contributed by atoms with Crippen LogP contribution in [0.5, 0.6) is 0 Å². The largest absolute Gasteiger partial charge is 0.376 e. The highest BCUT2D eigenvalue weighted by Gasteiger charge is 2.30. The molecule has 3 aliphatic rings. The van der Waals surface area contributed by atoms with Crippen LogP contribution in [0.1, 0.15) is 51.4 Å². The van der Waals surface area contributed by atoms with E-state index in [1.54, 1.807) is 0 Å². The van der Waals surface area contributed by atoms with Gasteiger partial charge in [-0.25, -0.2) is 0 Å². The third-order valence-electron chi connectivity index (χ3n) is 5.09. The summed E-state index contributed by atoms with van der Waals surface area (Å²) in [7, 11) is 0. The van der Waals surface area contributed by atoms with E-state index in [9.17, 15) is 0 Å². The molecule has 24 heavy (non-hydrogen) atoms. The van der Waals surface area contributed by atoms with Crippen LogP contribution in [0.3, 0.4) is 0 Å². The van der Waals surface area contributed by atoms with Crippen molar-refractivity contribution in [3.05, 3.63) is 0 Å².